The van der Waals surface area contributed by atoms with E-state index < -0.39 is 11.2 Å². The first-order valence-corrected chi connectivity index (χ1v) is 8.30. The molecule has 1 atom stereocenters. The molecule has 0 aromatic carbocycles. The first kappa shape index (κ1) is 16.8. The van der Waals surface area contributed by atoms with Crippen LogP contribution in [0.2, 0.25) is 0 Å². The van der Waals surface area contributed by atoms with Crippen LogP contribution in [-0.2, 0) is 6.18 Å². The Morgan fingerprint density at radius 2 is 2.11 bits per heavy atom. The Balaban J connectivity index is 2.70. The van der Waals surface area contributed by atoms with Crippen molar-refractivity contribution in [1.82, 2.24) is 10.3 Å². The average Bonchev–Trinajstić information content (AvgIpc) is 2.83. The highest BCUT2D eigenvalue weighted by Gasteiger charge is 2.35. The lowest BCUT2D eigenvalue weighted by molar-refractivity contribution is -0.137. The summed E-state index contributed by atoms with van der Waals surface area (Å²) in [5.41, 5.74) is 0. The molecule has 1 heterocycles. The predicted octanol–water partition coefficient (Wildman–Crippen LogP) is 4.35. The van der Waals surface area contributed by atoms with Gasteiger partial charge in [-0.15, -0.1) is 11.3 Å². The Labute approximate surface area is 120 Å². The molecule has 0 aliphatic heterocycles. The van der Waals surface area contributed by atoms with Crippen molar-refractivity contribution in [2.75, 3.05) is 18.1 Å². The van der Waals surface area contributed by atoms with Crippen LogP contribution in [0.5, 0.6) is 0 Å². The molecule has 0 aliphatic carbocycles. The number of nitrogens with one attached hydrogen (secondary N) is 1. The van der Waals surface area contributed by atoms with Gasteiger partial charge in [-0.3, -0.25) is 0 Å². The number of halogens is 3. The molecule has 0 radical (unpaired) electrons. The van der Waals surface area contributed by atoms with Crippen molar-refractivity contribution in [1.29, 1.82) is 0 Å². The second-order valence-corrected chi connectivity index (χ2v) is 6.36. The summed E-state index contributed by atoms with van der Waals surface area (Å²) in [7, 11) is 0. The van der Waals surface area contributed by atoms with Crippen LogP contribution >= 0.6 is 23.1 Å². The largest absolute Gasteiger partial charge is 0.443 e. The molecular weight excluding hydrogens is 293 g/mol. The molecule has 0 bridgehead atoms. The number of nitrogens with zero attached hydrogens (tertiary/aromatic N) is 1. The van der Waals surface area contributed by atoms with Gasteiger partial charge in [0.1, 0.15) is 0 Å². The molecule has 7 heteroatoms. The van der Waals surface area contributed by atoms with Crippen molar-refractivity contribution < 1.29 is 13.2 Å². The second kappa shape index (κ2) is 8.11. The Kier molecular flexibility index (Phi) is 7.17. The fraction of sp³-hybridized carbons (Fsp3) is 0.750. The number of hydrogen-bond acceptors (Lipinski definition) is 4. The number of hydrogen-bond donors (Lipinski definition) is 1. The number of rotatable bonds is 8. The third-order valence-electron chi connectivity index (χ3n) is 2.38. The van der Waals surface area contributed by atoms with Gasteiger partial charge in [0.25, 0.3) is 0 Å². The topological polar surface area (TPSA) is 24.9 Å². The quantitative estimate of drug-likeness (QED) is 0.723. The summed E-state index contributed by atoms with van der Waals surface area (Å²) in [6, 6.07) is -0.0369. The van der Waals surface area contributed by atoms with Gasteiger partial charge in [-0.05, 0) is 25.1 Å². The number of thioether (sulfide) groups is 1. The normalized spacial score (nSPS) is 13.7. The van der Waals surface area contributed by atoms with Crippen LogP contribution in [-0.4, -0.2) is 23.0 Å². The Hall–Kier alpha value is -0.270. The zero-order chi connectivity index (χ0) is 14.3. The second-order valence-electron chi connectivity index (χ2n) is 4.15. The minimum Gasteiger partial charge on any atom is -0.309 e. The smallest absolute Gasteiger partial charge is 0.309 e. The summed E-state index contributed by atoms with van der Waals surface area (Å²) >= 11 is 2.50. The highest BCUT2D eigenvalue weighted by Crippen LogP contribution is 2.35. The van der Waals surface area contributed by atoms with Crippen molar-refractivity contribution in [2.24, 2.45) is 0 Å². The lowest BCUT2D eigenvalue weighted by atomic mass is 10.3. The van der Waals surface area contributed by atoms with Crippen molar-refractivity contribution in [2.45, 2.75) is 38.9 Å². The highest BCUT2D eigenvalue weighted by atomic mass is 32.2. The Bertz CT molecular complexity index is 366. The maximum absolute atomic E-state index is 12.5. The fourth-order valence-corrected chi connectivity index (χ4v) is 3.44. The molecule has 0 fully saturated rings. The van der Waals surface area contributed by atoms with Crippen molar-refractivity contribution in [3.8, 4) is 0 Å². The van der Waals surface area contributed by atoms with Crippen molar-refractivity contribution in [3.63, 3.8) is 0 Å². The summed E-state index contributed by atoms with van der Waals surface area (Å²) in [5.74, 6) is 1.81. The number of thiazole rings is 1. The maximum atomic E-state index is 12.5. The van der Waals surface area contributed by atoms with E-state index in [1.54, 1.807) is 11.8 Å². The minimum atomic E-state index is -4.34. The SMILES string of the molecule is CCCNC(CSCCC)c1cnc(C(F)(F)F)s1. The molecule has 0 spiro atoms. The van der Waals surface area contributed by atoms with E-state index in [1.165, 1.54) is 6.20 Å². The first-order valence-electron chi connectivity index (χ1n) is 6.33. The molecule has 2 nitrogen and oxygen atoms in total. The van der Waals surface area contributed by atoms with Gasteiger partial charge in [-0.1, -0.05) is 13.8 Å². The fourth-order valence-electron chi connectivity index (χ4n) is 1.48. The summed E-state index contributed by atoms with van der Waals surface area (Å²) in [6.45, 7) is 4.93. The van der Waals surface area contributed by atoms with Crippen LogP contribution in [0.15, 0.2) is 6.20 Å². The Morgan fingerprint density at radius 1 is 1.37 bits per heavy atom. The Morgan fingerprint density at radius 3 is 2.63 bits per heavy atom. The summed E-state index contributed by atoms with van der Waals surface area (Å²) in [6.07, 6.45) is -0.955. The van der Waals surface area contributed by atoms with Gasteiger partial charge in [-0.25, -0.2) is 4.98 Å². The highest BCUT2D eigenvalue weighted by molar-refractivity contribution is 7.99. The zero-order valence-corrected chi connectivity index (χ0v) is 12.7. The maximum Gasteiger partial charge on any atom is 0.443 e. The van der Waals surface area contributed by atoms with Crippen molar-refractivity contribution in [3.05, 3.63) is 16.1 Å². The van der Waals surface area contributed by atoms with E-state index in [0.717, 1.165) is 42.2 Å². The zero-order valence-electron chi connectivity index (χ0n) is 11.1. The first-order chi connectivity index (χ1) is 8.99. The molecule has 0 saturated heterocycles. The predicted molar refractivity (Wildman–Crippen MR) is 75.8 cm³/mol. The molecule has 110 valence electrons. The van der Waals surface area contributed by atoms with Crippen LogP contribution < -0.4 is 5.32 Å². The lowest BCUT2D eigenvalue weighted by Gasteiger charge is -2.16. The molecule has 19 heavy (non-hydrogen) atoms. The number of alkyl halides is 3. The summed E-state index contributed by atoms with van der Waals surface area (Å²) < 4.78 is 37.6. The third-order valence-corrected chi connectivity index (χ3v) is 4.81. The third kappa shape index (κ3) is 5.71. The van der Waals surface area contributed by atoms with Gasteiger partial charge in [0.2, 0.25) is 0 Å². The molecule has 1 rings (SSSR count). The van der Waals surface area contributed by atoms with Gasteiger partial charge >= 0.3 is 6.18 Å². The average molecular weight is 312 g/mol. The van der Waals surface area contributed by atoms with Crippen LogP contribution in [0.1, 0.15) is 42.6 Å². The molecule has 1 unspecified atom stereocenters. The van der Waals surface area contributed by atoms with Crippen LogP contribution in [0, 0.1) is 0 Å². The van der Waals surface area contributed by atoms with Gasteiger partial charge in [0, 0.05) is 16.8 Å². The van der Waals surface area contributed by atoms with Crippen LogP contribution in [0.3, 0.4) is 0 Å². The van der Waals surface area contributed by atoms with E-state index >= 15 is 0 Å². The van der Waals surface area contributed by atoms with E-state index in [-0.39, 0.29) is 6.04 Å². The lowest BCUT2D eigenvalue weighted by Crippen LogP contribution is -2.23. The van der Waals surface area contributed by atoms with Crippen LogP contribution in [0.4, 0.5) is 13.2 Å². The number of aromatic nitrogens is 1. The molecule has 0 amide bonds. The molecule has 1 aromatic rings. The molecule has 1 aromatic heterocycles. The van der Waals surface area contributed by atoms with Crippen LogP contribution in [0.25, 0.3) is 0 Å². The van der Waals surface area contributed by atoms with E-state index in [2.05, 4.69) is 17.2 Å². The van der Waals surface area contributed by atoms with E-state index in [4.69, 9.17) is 0 Å². The van der Waals surface area contributed by atoms with E-state index in [0.29, 0.717) is 4.88 Å². The molecule has 0 aliphatic rings. The van der Waals surface area contributed by atoms with Gasteiger partial charge in [0.05, 0.1) is 6.04 Å². The summed E-state index contributed by atoms with van der Waals surface area (Å²) in [4.78, 5) is 4.16. The van der Waals surface area contributed by atoms with E-state index in [9.17, 15) is 13.2 Å². The van der Waals surface area contributed by atoms with Gasteiger partial charge < -0.3 is 5.32 Å². The minimum absolute atomic E-state index is 0.0369. The van der Waals surface area contributed by atoms with Gasteiger partial charge in [-0.2, -0.15) is 24.9 Å². The molecule has 1 N–H and O–H groups in total. The van der Waals surface area contributed by atoms with Crippen molar-refractivity contribution >= 4 is 23.1 Å². The van der Waals surface area contributed by atoms with Gasteiger partial charge in [0.15, 0.2) is 5.01 Å². The molecule has 0 saturated carbocycles. The van der Waals surface area contributed by atoms with E-state index in [1.807, 2.05) is 6.92 Å². The summed E-state index contributed by atoms with van der Waals surface area (Å²) in [5, 5.41) is 2.53. The molecular formula is C12H19F3N2S2. The standard InChI is InChI=1S/C12H19F3N2S2/c1-3-5-16-9(8-18-6-4-2)10-7-17-11(19-10)12(13,14)15/h7,9,16H,3-6,8H2,1-2H3. The monoisotopic (exact) mass is 312 g/mol.